The quantitative estimate of drug-likeness (QED) is 0.562. The first-order valence-electron chi connectivity index (χ1n) is 7.81. The van der Waals surface area contributed by atoms with E-state index in [-0.39, 0.29) is 6.10 Å². The number of carboxylic acid groups (broad SMARTS) is 1. The lowest BCUT2D eigenvalue weighted by Crippen LogP contribution is -2.56. The van der Waals surface area contributed by atoms with Crippen molar-refractivity contribution in [3.05, 3.63) is 0 Å². The monoisotopic (exact) mass is 303 g/mol. The van der Waals surface area contributed by atoms with E-state index in [2.05, 4.69) is 5.32 Å². The van der Waals surface area contributed by atoms with Crippen molar-refractivity contribution in [2.45, 2.75) is 50.7 Å². The number of nitrogens with one attached hydrogen (secondary N) is 1. The molecule has 2 N–H and O–H groups in total. The summed E-state index contributed by atoms with van der Waals surface area (Å²) in [5.74, 6) is -0.763. The number of hydrogen-bond acceptors (Lipinski definition) is 5. The SMILES string of the molecule is CCNC1(C(=O)O)CCCC(OCCCOCCOC)C1. The van der Waals surface area contributed by atoms with Crippen LogP contribution in [0.2, 0.25) is 0 Å². The van der Waals surface area contributed by atoms with E-state index in [1.165, 1.54) is 0 Å². The van der Waals surface area contributed by atoms with Crippen LogP contribution in [0.1, 0.15) is 39.0 Å². The second-order valence-electron chi connectivity index (χ2n) is 5.47. The van der Waals surface area contributed by atoms with Crippen molar-refractivity contribution in [3.8, 4) is 0 Å². The minimum Gasteiger partial charge on any atom is -0.480 e. The average molecular weight is 303 g/mol. The van der Waals surface area contributed by atoms with Crippen LogP contribution in [-0.4, -0.2) is 62.8 Å². The largest absolute Gasteiger partial charge is 0.480 e. The molecule has 1 rings (SSSR count). The molecular weight excluding hydrogens is 274 g/mol. The fourth-order valence-corrected chi connectivity index (χ4v) is 2.79. The first-order valence-corrected chi connectivity index (χ1v) is 7.81. The molecule has 1 saturated carbocycles. The molecule has 0 aromatic rings. The Labute approximate surface area is 127 Å². The summed E-state index contributed by atoms with van der Waals surface area (Å²) in [5.41, 5.74) is -0.813. The van der Waals surface area contributed by atoms with Crippen molar-refractivity contribution in [3.63, 3.8) is 0 Å². The molecule has 1 aliphatic carbocycles. The van der Waals surface area contributed by atoms with Crippen molar-refractivity contribution in [2.75, 3.05) is 40.1 Å². The molecule has 0 bridgehead atoms. The summed E-state index contributed by atoms with van der Waals surface area (Å²) in [7, 11) is 1.65. The Morgan fingerprint density at radius 1 is 1.33 bits per heavy atom. The van der Waals surface area contributed by atoms with E-state index in [9.17, 15) is 9.90 Å². The van der Waals surface area contributed by atoms with E-state index >= 15 is 0 Å². The Kier molecular flexibility index (Phi) is 8.84. The molecule has 1 fully saturated rings. The third kappa shape index (κ3) is 6.30. The topological polar surface area (TPSA) is 77.0 Å². The number of methoxy groups -OCH3 is 1. The molecule has 6 nitrogen and oxygen atoms in total. The number of ether oxygens (including phenoxy) is 3. The van der Waals surface area contributed by atoms with Gasteiger partial charge in [0.1, 0.15) is 5.54 Å². The first-order chi connectivity index (χ1) is 10.1. The highest BCUT2D eigenvalue weighted by Crippen LogP contribution is 2.30. The number of likely N-dealkylation sites (N-methyl/N-ethyl adjacent to an activating group) is 1. The zero-order valence-corrected chi connectivity index (χ0v) is 13.2. The maximum atomic E-state index is 11.5. The van der Waals surface area contributed by atoms with Gasteiger partial charge in [0.05, 0.1) is 19.3 Å². The van der Waals surface area contributed by atoms with Crippen LogP contribution < -0.4 is 5.32 Å². The number of aliphatic carboxylic acids is 1. The van der Waals surface area contributed by atoms with Gasteiger partial charge in [-0.2, -0.15) is 0 Å². The Balaban J connectivity index is 2.24. The highest BCUT2D eigenvalue weighted by atomic mass is 16.5. The molecule has 124 valence electrons. The molecule has 0 aromatic carbocycles. The molecule has 0 amide bonds. The van der Waals surface area contributed by atoms with Crippen molar-refractivity contribution < 1.29 is 24.1 Å². The third-order valence-corrected chi connectivity index (χ3v) is 3.85. The van der Waals surface area contributed by atoms with Crippen LogP contribution in [-0.2, 0) is 19.0 Å². The summed E-state index contributed by atoms with van der Waals surface area (Å²) >= 11 is 0. The van der Waals surface area contributed by atoms with Gasteiger partial charge in [0.25, 0.3) is 0 Å². The summed E-state index contributed by atoms with van der Waals surface area (Å²) in [6.07, 6.45) is 3.88. The predicted octanol–water partition coefficient (Wildman–Crippen LogP) is 1.43. The average Bonchev–Trinajstić information content (AvgIpc) is 2.47. The Bertz CT molecular complexity index is 296. The van der Waals surface area contributed by atoms with Crippen molar-refractivity contribution in [1.29, 1.82) is 0 Å². The smallest absolute Gasteiger partial charge is 0.323 e. The van der Waals surface area contributed by atoms with Gasteiger partial charge in [-0.1, -0.05) is 6.92 Å². The highest BCUT2D eigenvalue weighted by Gasteiger charge is 2.42. The predicted molar refractivity (Wildman–Crippen MR) is 79.6 cm³/mol. The molecule has 1 aliphatic rings. The van der Waals surface area contributed by atoms with E-state index in [1.54, 1.807) is 7.11 Å². The van der Waals surface area contributed by atoms with Gasteiger partial charge in [0.15, 0.2) is 0 Å². The highest BCUT2D eigenvalue weighted by molar-refractivity contribution is 5.79. The number of carbonyl (C=O) groups is 1. The zero-order valence-electron chi connectivity index (χ0n) is 13.2. The van der Waals surface area contributed by atoms with Gasteiger partial charge in [-0.3, -0.25) is 4.79 Å². The normalized spacial score (nSPS) is 25.9. The zero-order chi connectivity index (χ0) is 15.6. The van der Waals surface area contributed by atoms with Gasteiger partial charge in [0.2, 0.25) is 0 Å². The van der Waals surface area contributed by atoms with Gasteiger partial charge in [-0.05, 0) is 32.2 Å². The number of carboxylic acids is 1. The van der Waals surface area contributed by atoms with Crippen LogP contribution in [0.5, 0.6) is 0 Å². The molecular formula is C15H29NO5. The van der Waals surface area contributed by atoms with E-state index in [0.29, 0.717) is 45.8 Å². The fraction of sp³-hybridized carbons (Fsp3) is 0.933. The van der Waals surface area contributed by atoms with Crippen molar-refractivity contribution >= 4 is 5.97 Å². The van der Waals surface area contributed by atoms with E-state index in [1.807, 2.05) is 6.92 Å². The standard InChI is InChI=1S/C15H29NO5/c1-3-16-15(14(17)18)7-4-6-13(12-15)21-9-5-8-20-11-10-19-2/h13,16H,3-12H2,1-2H3,(H,17,18). The number of hydrogen-bond donors (Lipinski definition) is 2. The van der Waals surface area contributed by atoms with Crippen LogP contribution in [0.4, 0.5) is 0 Å². The van der Waals surface area contributed by atoms with E-state index < -0.39 is 11.5 Å². The minimum atomic E-state index is -0.813. The first kappa shape index (κ1) is 18.4. The molecule has 2 unspecified atom stereocenters. The van der Waals surface area contributed by atoms with Crippen LogP contribution in [0.25, 0.3) is 0 Å². The van der Waals surface area contributed by atoms with Gasteiger partial charge in [0, 0.05) is 26.7 Å². The van der Waals surface area contributed by atoms with Gasteiger partial charge >= 0.3 is 5.97 Å². The third-order valence-electron chi connectivity index (χ3n) is 3.85. The maximum absolute atomic E-state index is 11.5. The van der Waals surface area contributed by atoms with Crippen molar-refractivity contribution in [2.24, 2.45) is 0 Å². The Morgan fingerprint density at radius 2 is 2.14 bits per heavy atom. The lowest BCUT2D eigenvalue weighted by Gasteiger charge is -2.38. The molecule has 0 aliphatic heterocycles. The molecule has 0 radical (unpaired) electrons. The van der Waals surface area contributed by atoms with Crippen LogP contribution in [0.3, 0.4) is 0 Å². The molecule has 0 aromatic heterocycles. The summed E-state index contributed by atoms with van der Waals surface area (Å²) in [6.45, 7) is 5.06. The van der Waals surface area contributed by atoms with Gasteiger partial charge in [-0.25, -0.2) is 0 Å². The summed E-state index contributed by atoms with van der Waals surface area (Å²) in [6, 6.07) is 0. The minimum absolute atomic E-state index is 0.0212. The Hall–Kier alpha value is -0.690. The molecule has 2 atom stereocenters. The number of rotatable bonds is 11. The molecule has 0 saturated heterocycles. The van der Waals surface area contributed by atoms with Gasteiger partial charge < -0.3 is 24.6 Å². The lowest BCUT2D eigenvalue weighted by molar-refractivity contribution is -0.149. The molecule has 0 heterocycles. The van der Waals surface area contributed by atoms with E-state index in [0.717, 1.165) is 19.3 Å². The Morgan fingerprint density at radius 3 is 2.81 bits per heavy atom. The van der Waals surface area contributed by atoms with Gasteiger partial charge in [-0.15, -0.1) is 0 Å². The maximum Gasteiger partial charge on any atom is 0.323 e. The van der Waals surface area contributed by atoms with E-state index in [4.69, 9.17) is 14.2 Å². The molecule has 21 heavy (non-hydrogen) atoms. The second-order valence-corrected chi connectivity index (χ2v) is 5.47. The van der Waals surface area contributed by atoms with Crippen LogP contribution >= 0.6 is 0 Å². The summed E-state index contributed by atoms with van der Waals surface area (Å²) < 4.78 is 16.1. The lowest BCUT2D eigenvalue weighted by atomic mass is 9.80. The van der Waals surface area contributed by atoms with Crippen molar-refractivity contribution in [1.82, 2.24) is 5.32 Å². The molecule has 0 spiro atoms. The molecule has 6 heteroatoms. The van der Waals surface area contributed by atoms with Crippen LogP contribution in [0, 0.1) is 0 Å². The second kappa shape index (κ2) is 10.1. The summed E-state index contributed by atoms with van der Waals surface area (Å²) in [4.78, 5) is 11.5. The summed E-state index contributed by atoms with van der Waals surface area (Å²) in [5, 5.41) is 12.6. The fourth-order valence-electron chi connectivity index (χ4n) is 2.79. The van der Waals surface area contributed by atoms with Crippen LogP contribution in [0.15, 0.2) is 0 Å².